The van der Waals surface area contributed by atoms with E-state index in [4.69, 9.17) is 4.74 Å². The van der Waals surface area contributed by atoms with Crippen LogP contribution < -0.4 is 14.8 Å². The summed E-state index contributed by atoms with van der Waals surface area (Å²) in [6, 6.07) is 7.48. The van der Waals surface area contributed by atoms with Gasteiger partial charge in [-0.2, -0.15) is 4.72 Å². The molecule has 2 N–H and O–H groups in total. The summed E-state index contributed by atoms with van der Waals surface area (Å²) in [4.78, 5) is 16.1. The molecule has 25 heavy (non-hydrogen) atoms. The number of rotatable bonds is 7. The lowest BCUT2D eigenvalue weighted by Gasteiger charge is -2.16. The third-order valence-electron chi connectivity index (χ3n) is 3.52. The summed E-state index contributed by atoms with van der Waals surface area (Å²) in [5.74, 6) is -0.208. The molecular formula is C17H21N3O4S. The molecule has 1 amide bonds. The van der Waals surface area contributed by atoms with Crippen LogP contribution in [-0.2, 0) is 21.4 Å². The van der Waals surface area contributed by atoms with Crippen LogP contribution in [0.2, 0.25) is 0 Å². The lowest BCUT2D eigenvalue weighted by molar-refractivity contribution is -0.122. The van der Waals surface area contributed by atoms with Gasteiger partial charge < -0.3 is 10.1 Å². The Balaban J connectivity index is 2.06. The zero-order chi connectivity index (χ0) is 18.4. The Labute approximate surface area is 147 Å². The molecule has 1 atom stereocenters. The standard InChI is InChI=1S/C17H21N3O4S/c1-12-6-7-15(24-3)16(9-12)25(22,23)20-13(2)17(21)19-11-14-5-4-8-18-10-14/h4-10,13,20H,11H2,1-3H3,(H,19,21)/t13-/m1/s1. The van der Waals surface area contributed by atoms with Crippen molar-refractivity contribution in [3.05, 3.63) is 53.9 Å². The van der Waals surface area contributed by atoms with Gasteiger partial charge in [-0.25, -0.2) is 8.42 Å². The minimum atomic E-state index is -3.90. The molecule has 1 heterocycles. The topological polar surface area (TPSA) is 97.4 Å². The number of hydrogen-bond acceptors (Lipinski definition) is 5. The highest BCUT2D eigenvalue weighted by molar-refractivity contribution is 7.89. The first-order valence-corrected chi connectivity index (χ1v) is 9.15. The Bertz CT molecular complexity index is 838. The first-order valence-electron chi connectivity index (χ1n) is 7.67. The molecule has 0 saturated carbocycles. The van der Waals surface area contributed by atoms with Gasteiger partial charge in [-0.15, -0.1) is 0 Å². The molecule has 0 aliphatic carbocycles. The molecule has 2 aromatic rings. The minimum Gasteiger partial charge on any atom is -0.495 e. The molecule has 0 spiro atoms. The predicted molar refractivity (Wildman–Crippen MR) is 93.6 cm³/mol. The summed E-state index contributed by atoms with van der Waals surface area (Å²) in [5, 5.41) is 2.68. The molecule has 0 fully saturated rings. The number of aromatic nitrogens is 1. The quantitative estimate of drug-likeness (QED) is 0.775. The lowest BCUT2D eigenvalue weighted by Crippen LogP contribution is -2.44. The van der Waals surface area contributed by atoms with E-state index in [0.717, 1.165) is 11.1 Å². The number of ether oxygens (including phenoxy) is 1. The summed E-state index contributed by atoms with van der Waals surface area (Å²) in [6.07, 6.45) is 3.27. The number of nitrogens with one attached hydrogen (secondary N) is 2. The van der Waals surface area contributed by atoms with Gasteiger partial charge in [0.1, 0.15) is 10.6 Å². The van der Waals surface area contributed by atoms with Crippen LogP contribution in [0.5, 0.6) is 5.75 Å². The van der Waals surface area contributed by atoms with Crippen molar-refractivity contribution in [2.45, 2.75) is 31.3 Å². The van der Waals surface area contributed by atoms with Crippen molar-refractivity contribution in [2.75, 3.05) is 7.11 Å². The van der Waals surface area contributed by atoms with Crippen LogP contribution in [0.3, 0.4) is 0 Å². The maximum absolute atomic E-state index is 12.6. The Kier molecular flexibility index (Phi) is 6.11. The Hall–Kier alpha value is -2.45. The number of carbonyl (C=O) groups excluding carboxylic acids is 1. The highest BCUT2D eigenvalue weighted by atomic mass is 32.2. The van der Waals surface area contributed by atoms with E-state index in [2.05, 4.69) is 15.0 Å². The number of nitrogens with zero attached hydrogens (tertiary/aromatic N) is 1. The molecule has 0 aliphatic rings. The second-order valence-electron chi connectivity index (χ2n) is 5.58. The van der Waals surface area contributed by atoms with Gasteiger partial charge in [0.15, 0.2) is 0 Å². The average Bonchev–Trinajstić information content (AvgIpc) is 2.60. The number of aryl methyl sites for hydroxylation is 1. The molecule has 0 bridgehead atoms. The van der Waals surface area contributed by atoms with E-state index in [1.165, 1.54) is 20.1 Å². The van der Waals surface area contributed by atoms with E-state index in [9.17, 15) is 13.2 Å². The largest absolute Gasteiger partial charge is 0.495 e. The number of hydrogen-bond donors (Lipinski definition) is 2. The molecule has 8 heteroatoms. The van der Waals surface area contributed by atoms with Gasteiger partial charge >= 0.3 is 0 Å². The van der Waals surface area contributed by atoms with Gasteiger partial charge in [-0.05, 0) is 43.2 Å². The Morgan fingerprint density at radius 2 is 2.08 bits per heavy atom. The summed E-state index contributed by atoms with van der Waals surface area (Å²) in [5.41, 5.74) is 1.60. The maximum atomic E-state index is 12.6. The number of methoxy groups -OCH3 is 1. The number of carbonyl (C=O) groups is 1. The van der Waals surface area contributed by atoms with Crippen LogP contribution in [-0.4, -0.2) is 32.5 Å². The van der Waals surface area contributed by atoms with Gasteiger partial charge in [0.25, 0.3) is 0 Å². The van der Waals surface area contributed by atoms with Crippen molar-refractivity contribution < 1.29 is 17.9 Å². The van der Waals surface area contributed by atoms with Gasteiger partial charge in [0.05, 0.1) is 13.2 Å². The zero-order valence-corrected chi connectivity index (χ0v) is 15.1. The van der Waals surface area contributed by atoms with Crippen LogP contribution in [0.25, 0.3) is 0 Å². The molecule has 134 valence electrons. The summed E-state index contributed by atoms with van der Waals surface area (Å²) < 4.78 is 32.6. The minimum absolute atomic E-state index is 0.00177. The highest BCUT2D eigenvalue weighted by Gasteiger charge is 2.25. The van der Waals surface area contributed by atoms with Crippen LogP contribution in [0.4, 0.5) is 0 Å². The number of sulfonamides is 1. The van der Waals surface area contributed by atoms with Crippen molar-refractivity contribution in [2.24, 2.45) is 0 Å². The fourth-order valence-corrected chi connectivity index (χ4v) is 3.65. The number of benzene rings is 1. The molecule has 2 rings (SSSR count). The van der Waals surface area contributed by atoms with E-state index in [1.807, 2.05) is 6.07 Å². The first-order chi connectivity index (χ1) is 11.8. The average molecular weight is 363 g/mol. The van der Waals surface area contributed by atoms with Gasteiger partial charge in [-0.1, -0.05) is 12.1 Å². The maximum Gasteiger partial charge on any atom is 0.244 e. The first kappa shape index (κ1) is 18.9. The fraction of sp³-hybridized carbons (Fsp3) is 0.294. The van der Waals surface area contributed by atoms with E-state index in [0.29, 0.717) is 0 Å². The smallest absolute Gasteiger partial charge is 0.244 e. The molecule has 0 aliphatic heterocycles. The van der Waals surface area contributed by atoms with Crippen LogP contribution in [0.1, 0.15) is 18.1 Å². The molecule has 0 saturated heterocycles. The zero-order valence-electron chi connectivity index (χ0n) is 14.3. The van der Waals surface area contributed by atoms with Crippen molar-refractivity contribution in [3.63, 3.8) is 0 Å². The van der Waals surface area contributed by atoms with Crippen molar-refractivity contribution in [1.82, 2.24) is 15.0 Å². The monoisotopic (exact) mass is 363 g/mol. The molecular weight excluding hydrogens is 342 g/mol. The third kappa shape index (κ3) is 5.01. The van der Waals surface area contributed by atoms with Crippen molar-refractivity contribution in [1.29, 1.82) is 0 Å². The van der Waals surface area contributed by atoms with E-state index >= 15 is 0 Å². The summed E-state index contributed by atoms with van der Waals surface area (Å²) in [6.45, 7) is 3.54. The summed E-state index contributed by atoms with van der Waals surface area (Å²) >= 11 is 0. The highest BCUT2D eigenvalue weighted by Crippen LogP contribution is 2.24. The van der Waals surface area contributed by atoms with E-state index < -0.39 is 22.0 Å². The van der Waals surface area contributed by atoms with Crippen LogP contribution >= 0.6 is 0 Å². The van der Waals surface area contributed by atoms with Crippen molar-refractivity contribution in [3.8, 4) is 5.75 Å². The predicted octanol–water partition coefficient (Wildman–Crippen LogP) is 1.38. The number of amides is 1. The molecule has 7 nitrogen and oxygen atoms in total. The van der Waals surface area contributed by atoms with E-state index in [1.54, 1.807) is 37.5 Å². The Morgan fingerprint density at radius 1 is 1.32 bits per heavy atom. The molecule has 0 radical (unpaired) electrons. The molecule has 1 aromatic carbocycles. The molecule has 1 aromatic heterocycles. The van der Waals surface area contributed by atoms with Crippen LogP contribution in [0.15, 0.2) is 47.6 Å². The van der Waals surface area contributed by atoms with E-state index in [-0.39, 0.29) is 17.2 Å². The lowest BCUT2D eigenvalue weighted by atomic mass is 10.2. The van der Waals surface area contributed by atoms with Crippen molar-refractivity contribution >= 4 is 15.9 Å². The number of pyridine rings is 1. The molecule has 0 unspecified atom stereocenters. The normalized spacial score (nSPS) is 12.4. The van der Waals surface area contributed by atoms with Gasteiger partial charge in [0.2, 0.25) is 15.9 Å². The van der Waals surface area contributed by atoms with Crippen LogP contribution in [0, 0.1) is 6.92 Å². The Morgan fingerprint density at radius 3 is 2.72 bits per heavy atom. The fourth-order valence-electron chi connectivity index (χ4n) is 2.19. The third-order valence-corrected chi connectivity index (χ3v) is 5.09. The SMILES string of the molecule is COc1ccc(C)cc1S(=O)(=O)N[C@H](C)C(=O)NCc1cccnc1. The van der Waals surface area contributed by atoms with Gasteiger partial charge in [-0.3, -0.25) is 9.78 Å². The second kappa shape index (κ2) is 8.09. The second-order valence-corrected chi connectivity index (χ2v) is 7.26. The van der Waals surface area contributed by atoms with Gasteiger partial charge in [0, 0.05) is 18.9 Å². The summed E-state index contributed by atoms with van der Waals surface area (Å²) in [7, 11) is -2.50.